The maximum absolute atomic E-state index is 12.9. The van der Waals surface area contributed by atoms with Gasteiger partial charge in [0.2, 0.25) is 0 Å². The molecule has 150 valence electrons. The van der Waals surface area contributed by atoms with Gasteiger partial charge >= 0.3 is 12.2 Å². The Labute approximate surface area is 169 Å². The summed E-state index contributed by atoms with van der Waals surface area (Å²) < 4.78 is 44.4. The third-order valence-electron chi connectivity index (χ3n) is 3.75. The zero-order valence-electron chi connectivity index (χ0n) is 15.0. The van der Waals surface area contributed by atoms with Crippen molar-refractivity contribution in [3.05, 3.63) is 77.1 Å². The summed E-state index contributed by atoms with van der Waals surface area (Å²) in [6, 6.07) is 12.4. The number of benzene rings is 2. The first-order valence-electron chi connectivity index (χ1n) is 8.36. The predicted octanol–water partition coefficient (Wildman–Crippen LogP) is 6.50. The Morgan fingerprint density at radius 3 is 2.28 bits per heavy atom. The zero-order chi connectivity index (χ0) is 21.0. The molecular weight excluding hydrogens is 407 g/mol. The van der Waals surface area contributed by atoms with Crippen LogP contribution in [0.5, 0.6) is 11.5 Å². The third-order valence-corrected chi connectivity index (χ3v) is 4.08. The van der Waals surface area contributed by atoms with E-state index in [9.17, 15) is 18.0 Å². The van der Waals surface area contributed by atoms with Crippen molar-refractivity contribution in [1.82, 2.24) is 4.98 Å². The molecule has 2 N–H and O–H groups in total. The van der Waals surface area contributed by atoms with E-state index in [0.29, 0.717) is 17.2 Å². The highest BCUT2D eigenvalue weighted by atomic mass is 35.5. The van der Waals surface area contributed by atoms with Gasteiger partial charge in [-0.15, -0.1) is 0 Å². The first-order chi connectivity index (χ1) is 13.7. The molecule has 1 heterocycles. The molecule has 5 nitrogen and oxygen atoms in total. The fourth-order valence-corrected chi connectivity index (χ4v) is 2.66. The lowest BCUT2D eigenvalue weighted by Gasteiger charge is -2.12. The number of nitrogens with one attached hydrogen (secondary N) is 2. The van der Waals surface area contributed by atoms with E-state index in [1.54, 1.807) is 42.6 Å². The Morgan fingerprint density at radius 1 is 0.966 bits per heavy atom. The van der Waals surface area contributed by atoms with Crippen LogP contribution in [0.25, 0.3) is 0 Å². The van der Waals surface area contributed by atoms with Gasteiger partial charge in [0, 0.05) is 29.3 Å². The van der Waals surface area contributed by atoms with Crippen molar-refractivity contribution < 1.29 is 22.7 Å². The molecule has 0 aliphatic carbocycles. The van der Waals surface area contributed by atoms with Gasteiger partial charge in [-0.1, -0.05) is 11.6 Å². The monoisotopic (exact) mass is 421 g/mol. The summed E-state index contributed by atoms with van der Waals surface area (Å²) in [5.74, 6) is 1.17. The number of ether oxygens (including phenoxy) is 1. The highest BCUT2D eigenvalue weighted by molar-refractivity contribution is 6.31. The van der Waals surface area contributed by atoms with Gasteiger partial charge in [0.1, 0.15) is 11.5 Å². The van der Waals surface area contributed by atoms with Gasteiger partial charge in [-0.3, -0.25) is 4.98 Å². The lowest BCUT2D eigenvalue weighted by Crippen LogP contribution is -2.19. The first kappa shape index (κ1) is 20.5. The Morgan fingerprint density at radius 2 is 1.62 bits per heavy atom. The Bertz CT molecular complexity index is 1020. The van der Waals surface area contributed by atoms with Crippen LogP contribution in [0.4, 0.5) is 29.3 Å². The second kappa shape index (κ2) is 8.40. The maximum Gasteiger partial charge on any atom is 0.417 e. The molecule has 0 atom stereocenters. The lowest BCUT2D eigenvalue weighted by atomic mass is 10.2. The quantitative estimate of drug-likeness (QED) is 0.505. The van der Waals surface area contributed by atoms with Crippen LogP contribution < -0.4 is 15.4 Å². The fraction of sp³-hybridized carbons (Fsp3) is 0.100. The van der Waals surface area contributed by atoms with E-state index in [1.807, 2.05) is 6.92 Å². The highest BCUT2D eigenvalue weighted by Gasteiger charge is 2.33. The zero-order valence-corrected chi connectivity index (χ0v) is 15.8. The molecule has 3 aromatic rings. The van der Waals surface area contributed by atoms with Gasteiger partial charge < -0.3 is 15.4 Å². The average molecular weight is 422 g/mol. The Hall–Kier alpha value is -3.26. The topological polar surface area (TPSA) is 63.2 Å². The highest BCUT2D eigenvalue weighted by Crippen LogP contribution is 2.36. The van der Waals surface area contributed by atoms with Crippen LogP contribution in [0.2, 0.25) is 5.02 Å². The SMILES string of the molecule is Cc1cc(Oc2ccc(NC(=O)Nc3ccc(Cl)c(C(F)(F)F)c3)cc2)ccn1. The standard InChI is InChI=1S/C20H15ClF3N3O2/c1-12-10-16(8-9-25-12)29-15-5-2-13(3-6-15)26-19(28)27-14-4-7-18(21)17(11-14)20(22,23)24/h2-11H,1H3,(H2,26,27,28). The van der Waals surface area contributed by atoms with Gasteiger partial charge in [-0.2, -0.15) is 13.2 Å². The van der Waals surface area contributed by atoms with Crippen LogP contribution in [0, 0.1) is 6.92 Å². The van der Waals surface area contributed by atoms with E-state index in [1.165, 1.54) is 6.07 Å². The summed E-state index contributed by atoms with van der Waals surface area (Å²) >= 11 is 5.56. The van der Waals surface area contributed by atoms with Crippen LogP contribution in [-0.4, -0.2) is 11.0 Å². The van der Waals surface area contributed by atoms with Gasteiger partial charge in [-0.25, -0.2) is 4.79 Å². The van der Waals surface area contributed by atoms with E-state index in [2.05, 4.69) is 15.6 Å². The number of urea groups is 1. The molecule has 0 aliphatic heterocycles. The number of amides is 2. The number of carbonyl (C=O) groups is 1. The number of alkyl halides is 3. The van der Waals surface area contributed by atoms with Crippen LogP contribution in [-0.2, 0) is 6.18 Å². The number of hydrogen-bond acceptors (Lipinski definition) is 3. The van der Waals surface area contributed by atoms with Crippen LogP contribution in [0.3, 0.4) is 0 Å². The molecule has 0 unspecified atom stereocenters. The molecule has 1 aromatic heterocycles. The van der Waals surface area contributed by atoms with Crippen LogP contribution in [0.1, 0.15) is 11.3 Å². The molecule has 0 aliphatic rings. The molecule has 29 heavy (non-hydrogen) atoms. The van der Waals surface area contributed by atoms with Crippen LogP contribution >= 0.6 is 11.6 Å². The van der Waals surface area contributed by atoms with E-state index >= 15 is 0 Å². The molecule has 0 saturated carbocycles. The number of aryl methyl sites for hydroxylation is 1. The molecule has 0 radical (unpaired) electrons. The summed E-state index contributed by atoms with van der Waals surface area (Å²) in [5.41, 5.74) is 0.191. The predicted molar refractivity (Wildman–Crippen MR) is 105 cm³/mol. The number of halogens is 4. The van der Waals surface area contributed by atoms with Crippen molar-refractivity contribution in [2.75, 3.05) is 10.6 Å². The molecule has 2 amide bonds. The Balaban J connectivity index is 1.62. The van der Waals surface area contributed by atoms with Crippen molar-refractivity contribution in [2.24, 2.45) is 0 Å². The third kappa shape index (κ3) is 5.61. The van der Waals surface area contributed by atoms with Crippen LogP contribution in [0.15, 0.2) is 60.8 Å². The molecule has 9 heteroatoms. The number of pyridine rings is 1. The van der Waals surface area contributed by atoms with E-state index in [4.69, 9.17) is 16.3 Å². The second-order valence-corrected chi connectivity index (χ2v) is 6.44. The van der Waals surface area contributed by atoms with Crippen molar-refractivity contribution in [3.63, 3.8) is 0 Å². The molecular formula is C20H15ClF3N3O2. The fourth-order valence-electron chi connectivity index (χ4n) is 2.44. The van der Waals surface area contributed by atoms with E-state index < -0.39 is 22.8 Å². The van der Waals surface area contributed by atoms with Gasteiger partial charge in [0.15, 0.2) is 0 Å². The van der Waals surface area contributed by atoms with Crippen molar-refractivity contribution in [2.45, 2.75) is 13.1 Å². The molecule has 0 saturated heterocycles. The molecule has 0 spiro atoms. The molecule has 2 aromatic carbocycles. The number of hydrogen-bond donors (Lipinski definition) is 2. The summed E-state index contributed by atoms with van der Waals surface area (Å²) in [6.45, 7) is 1.84. The first-order valence-corrected chi connectivity index (χ1v) is 8.74. The number of nitrogens with zero attached hydrogens (tertiary/aromatic N) is 1. The Kier molecular flexibility index (Phi) is 5.93. The summed E-state index contributed by atoms with van der Waals surface area (Å²) in [4.78, 5) is 16.1. The summed E-state index contributed by atoms with van der Waals surface area (Å²) in [6.07, 6.45) is -2.99. The number of anilines is 2. The van der Waals surface area contributed by atoms with Crippen molar-refractivity contribution in [1.29, 1.82) is 0 Å². The molecule has 3 rings (SSSR count). The van der Waals surface area contributed by atoms with Crippen molar-refractivity contribution >= 4 is 29.0 Å². The minimum absolute atomic E-state index is 0.0350. The minimum Gasteiger partial charge on any atom is -0.457 e. The smallest absolute Gasteiger partial charge is 0.417 e. The normalized spacial score (nSPS) is 11.1. The minimum atomic E-state index is -4.62. The van der Waals surface area contributed by atoms with Gasteiger partial charge in [0.05, 0.1) is 10.6 Å². The van der Waals surface area contributed by atoms with E-state index in [0.717, 1.165) is 17.8 Å². The second-order valence-electron chi connectivity index (χ2n) is 6.03. The number of aromatic nitrogens is 1. The summed E-state index contributed by atoms with van der Waals surface area (Å²) in [5, 5.41) is 4.44. The molecule has 0 bridgehead atoms. The average Bonchev–Trinajstić information content (AvgIpc) is 2.64. The van der Waals surface area contributed by atoms with E-state index in [-0.39, 0.29) is 5.69 Å². The lowest BCUT2D eigenvalue weighted by molar-refractivity contribution is -0.137. The number of carbonyl (C=O) groups excluding carboxylic acids is 1. The van der Waals surface area contributed by atoms with Gasteiger partial charge in [-0.05, 0) is 55.5 Å². The molecule has 0 fully saturated rings. The number of rotatable bonds is 4. The van der Waals surface area contributed by atoms with Crippen molar-refractivity contribution in [3.8, 4) is 11.5 Å². The summed E-state index contributed by atoms with van der Waals surface area (Å²) in [7, 11) is 0. The largest absolute Gasteiger partial charge is 0.457 e. The van der Waals surface area contributed by atoms with Gasteiger partial charge in [0.25, 0.3) is 0 Å². The maximum atomic E-state index is 12.9.